The Morgan fingerprint density at radius 2 is 2.21 bits per heavy atom. The highest BCUT2D eigenvalue weighted by molar-refractivity contribution is 5.67. The van der Waals surface area contributed by atoms with Gasteiger partial charge in [-0.2, -0.15) is 0 Å². The molecular formula is C8H10N2O4. The smallest absolute Gasteiger partial charge is 0.323 e. The van der Waals surface area contributed by atoms with E-state index >= 15 is 0 Å². The molecule has 6 nitrogen and oxygen atoms in total. The average Bonchev–Trinajstić information content (AvgIpc) is 2.09. The van der Waals surface area contributed by atoms with E-state index in [-0.39, 0.29) is 11.4 Å². The van der Waals surface area contributed by atoms with E-state index in [1.807, 2.05) is 0 Å². The summed E-state index contributed by atoms with van der Waals surface area (Å²) in [5, 5.41) is 17.7. The summed E-state index contributed by atoms with van der Waals surface area (Å²) in [5.74, 6) is -1.46. The summed E-state index contributed by atoms with van der Waals surface area (Å²) in [5.41, 5.74) is 4.58. The fourth-order valence-electron chi connectivity index (χ4n) is 1.10. The Hall–Kier alpha value is -1.98. The topological polar surface area (TPSA) is 106 Å². The summed E-state index contributed by atoms with van der Waals surface area (Å²) in [6.45, 7) is 1.05. The number of hydrogen-bond acceptors (Lipinski definition) is 4. The van der Waals surface area contributed by atoms with Crippen LogP contribution in [0.4, 0.5) is 5.69 Å². The molecule has 1 heterocycles. The molecule has 1 aromatic heterocycles. The number of aliphatic carboxylic acids is 1. The molecule has 0 saturated heterocycles. The molecule has 76 valence electrons. The van der Waals surface area contributed by atoms with E-state index in [2.05, 4.69) is 0 Å². The van der Waals surface area contributed by atoms with Crippen LogP contribution in [-0.4, -0.2) is 20.7 Å². The number of pyridine rings is 1. The van der Waals surface area contributed by atoms with E-state index in [1.165, 1.54) is 13.0 Å². The van der Waals surface area contributed by atoms with E-state index in [1.54, 1.807) is 0 Å². The van der Waals surface area contributed by atoms with Crippen LogP contribution in [0.2, 0.25) is 0 Å². The molecule has 0 aromatic carbocycles. The van der Waals surface area contributed by atoms with Gasteiger partial charge < -0.3 is 15.9 Å². The maximum absolute atomic E-state index is 11.4. The van der Waals surface area contributed by atoms with Gasteiger partial charge in [0.15, 0.2) is 0 Å². The molecule has 14 heavy (non-hydrogen) atoms. The van der Waals surface area contributed by atoms with Crippen LogP contribution in [0.25, 0.3) is 0 Å². The van der Waals surface area contributed by atoms with Gasteiger partial charge in [-0.25, -0.2) is 0 Å². The molecule has 0 amide bonds. The quantitative estimate of drug-likeness (QED) is 0.595. The highest BCUT2D eigenvalue weighted by Gasteiger charge is 2.11. The lowest BCUT2D eigenvalue weighted by Gasteiger charge is -2.08. The Labute approximate surface area is 79.2 Å². The number of carboxylic acids is 1. The van der Waals surface area contributed by atoms with Crippen molar-refractivity contribution in [1.29, 1.82) is 0 Å². The Morgan fingerprint density at radius 3 is 2.71 bits per heavy atom. The minimum atomic E-state index is -1.14. The number of aryl methyl sites for hydroxylation is 1. The number of carbonyl (C=O) groups is 1. The SMILES string of the molecule is Cc1cc(O)c(N)c(=O)n1CC(=O)O. The summed E-state index contributed by atoms with van der Waals surface area (Å²) < 4.78 is 0.984. The lowest BCUT2D eigenvalue weighted by Crippen LogP contribution is -2.27. The first-order valence-corrected chi connectivity index (χ1v) is 3.84. The second-order valence-electron chi connectivity index (χ2n) is 2.87. The van der Waals surface area contributed by atoms with Gasteiger partial charge in [-0.05, 0) is 6.92 Å². The molecule has 0 aliphatic heterocycles. The third-order valence-electron chi connectivity index (χ3n) is 1.82. The first kappa shape index (κ1) is 10.1. The predicted molar refractivity (Wildman–Crippen MR) is 49.2 cm³/mol. The molecule has 0 fully saturated rings. The monoisotopic (exact) mass is 198 g/mol. The number of aromatic nitrogens is 1. The van der Waals surface area contributed by atoms with E-state index < -0.39 is 18.1 Å². The zero-order valence-corrected chi connectivity index (χ0v) is 7.52. The minimum absolute atomic E-state index is 0.325. The molecule has 1 aromatic rings. The molecule has 1 rings (SSSR count). The fourth-order valence-corrected chi connectivity index (χ4v) is 1.10. The van der Waals surface area contributed by atoms with Crippen molar-refractivity contribution in [2.24, 2.45) is 0 Å². The van der Waals surface area contributed by atoms with Crippen LogP contribution in [0.5, 0.6) is 5.75 Å². The number of nitrogens with zero attached hydrogens (tertiary/aromatic N) is 1. The van der Waals surface area contributed by atoms with Gasteiger partial charge in [-0.3, -0.25) is 14.2 Å². The number of aromatic hydroxyl groups is 1. The van der Waals surface area contributed by atoms with Crippen LogP contribution in [0, 0.1) is 6.92 Å². The second-order valence-corrected chi connectivity index (χ2v) is 2.87. The number of anilines is 1. The molecule has 4 N–H and O–H groups in total. The third kappa shape index (κ3) is 1.68. The van der Waals surface area contributed by atoms with E-state index in [9.17, 15) is 9.59 Å². The number of rotatable bonds is 2. The van der Waals surface area contributed by atoms with Crippen molar-refractivity contribution in [2.45, 2.75) is 13.5 Å². The van der Waals surface area contributed by atoms with Crippen LogP contribution < -0.4 is 11.3 Å². The highest BCUT2D eigenvalue weighted by Crippen LogP contribution is 2.15. The molecule has 0 aliphatic rings. The van der Waals surface area contributed by atoms with Crippen molar-refractivity contribution < 1.29 is 15.0 Å². The highest BCUT2D eigenvalue weighted by atomic mass is 16.4. The van der Waals surface area contributed by atoms with Crippen molar-refractivity contribution in [3.8, 4) is 5.75 Å². The van der Waals surface area contributed by atoms with Gasteiger partial charge in [-0.15, -0.1) is 0 Å². The molecule has 0 aliphatic carbocycles. The van der Waals surface area contributed by atoms with Crippen molar-refractivity contribution in [3.05, 3.63) is 22.1 Å². The predicted octanol–water partition coefficient (Wildman–Crippen LogP) is -0.471. The Kier molecular flexibility index (Phi) is 2.46. The molecule has 0 atom stereocenters. The van der Waals surface area contributed by atoms with Gasteiger partial charge in [0.2, 0.25) is 0 Å². The average molecular weight is 198 g/mol. The summed E-state index contributed by atoms with van der Waals surface area (Å²) in [6.07, 6.45) is 0. The van der Waals surface area contributed by atoms with Gasteiger partial charge in [0.25, 0.3) is 5.56 Å². The maximum Gasteiger partial charge on any atom is 0.323 e. The number of nitrogens with two attached hydrogens (primary N) is 1. The normalized spacial score (nSPS) is 10.1. The molecule has 0 unspecified atom stereocenters. The molecule has 0 bridgehead atoms. The van der Waals surface area contributed by atoms with E-state index in [0.29, 0.717) is 5.69 Å². The van der Waals surface area contributed by atoms with Gasteiger partial charge >= 0.3 is 5.97 Å². The summed E-state index contributed by atoms with van der Waals surface area (Å²) >= 11 is 0. The maximum atomic E-state index is 11.4. The lowest BCUT2D eigenvalue weighted by molar-refractivity contribution is -0.137. The molecule has 0 spiro atoms. The van der Waals surface area contributed by atoms with E-state index in [0.717, 1.165) is 4.57 Å². The first-order valence-electron chi connectivity index (χ1n) is 3.84. The number of nitrogen functional groups attached to an aromatic ring is 1. The Bertz CT molecular complexity index is 436. The van der Waals surface area contributed by atoms with Crippen LogP contribution in [0.15, 0.2) is 10.9 Å². The lowest BCUT2D eigenvalue weighted by atomic mass is 10.3. The van der Waals surface area contributed by atoms with Gasteiger partial charge in [0.05, 0.1) is 0 Å². The second kappa shape index (κ2) is 3.41. The van der Waals surface area contributed by atoms with Gasteiger partial charge in [0.1, 0.15) is 18.0 Å². The van der Waals surface area contributed by atoms with Crippen LogP contribution in [-0.2, 0) is 11.3 Å². The van der Waals surface area contributed by atoms with E-state index in [4.69, 9.17) is 15.9 Å². The van der Waals surface area contributed by atoms with Crippen molar-refractivity contribution in [2.75, 3.05) is 5.73 Å². The number of carboxylic acid groups (broad SMARTS) is 1. The van der Waals surface area contributed by atoms with Crippen LogP contribution in [0.3, 0.4) is 0 Å². The zero-order chi connectivity index (χ0) is 10.9. The van der Waals surface area contributed by atoms with Crippen molar-refractivity contribution >= 4 is 11.7 Å². The molecule has 0 saturated carbocycles. The molecule has 0 radical (unpaired) electrons. The van der Waals surface area contributed by atoms with Crippen LogP contribution >= 0.6 is 0 Å². The summed E-state index contributed by atoms with van der Waals surface area (Å²) in [7, 11) is 0. The fraction of sp³-hybridized carbons (Fsp3) is 0.250. The molecule has 6 heteroatoms. The van der Waals surface area contributed by atoms with Crippen LogP contribution in [0.1, 0.15) is 5.69 Å². The standard InChI is InChI=1S/C8H10N2O4/c1-4-2-5(11)7(9)8(14)10(4)3-6(12)13/h2,11H,3,9H2,1H3,(H,12,13). The van der Waals surface area contributed by atoms with Crippen molar-refractivity contribution in [3.63, 3.8) is 0 Å². The first-order chi connectivity index (χ1) is 6.43. The third-order valence-corrected chi connectivity index (χ3v) is 1.82. The Morgan fingerprint density at radius 1 is 1.64 bits per heavy atom. The zero-order valence-electron chi connectivity index (χ0n) is 7.52. The summed E-state index contributed by atoms with van der Waals surface area (Å²) in [6, 6.07) is 1.25. The largest absolute Gasteiger partial charge is 0.506 e. The van der Waals surface area contributed by atoms with Gasteiger partial charge in [-0.1, -0.05) is 0 Å². The molecular weight excluding hydrogens is 188 g/mol. The summed E-state index contributed by atoms with van der Waals surface area (Å²) in [4.78, 5) is 21.8. The minimum Gasteiger partial charge on any atom is -0.506 e. The Balaban J connectivity index is 3.37. The van der Waals surface area contributed by atoms with Gasteiger partial charge in [0, 0.05) is 11.8 Å². The number of hydrogen-bond donors (Lipinski definition) is 3. The van der Waals surface area contributed by atoms with Crippen molar-refractivity contribution in [1.82, 2.24) is 4.57 Å².